The van der Waals surface area contributed by atoms with Crippen LogP contribution in [-0.2, 0) is 6.42 Å². The van der Waals surface area contributed by atoms with Gasteiger partial charge in [-0.1, -0.05) is 35.5 Å². The zero-order valence-electron chi connectivity index (χ0n) is 15.3. The molecule has 0 aliphatic rings. The molecule has 6 heteroatoms. The van der Waals surface area contributed by atoms with Crippen LogP contribution >= 0.6 is 0 Å². The fraction of sp³-hybridized carbons (Fsp3) is 0.136. The van der Waals surface area contributed by atoms with Crippen molar-refractivity contribution in [2.24, 2.45) is 0 Å². The number of nitrogens with one attached hydrogen (secondary N) is 1. The van der Waals surface area contributed by atoms with E-state index in [-0.39, 0.29) is 11.9 Å². The summed E-state index contributed by atoms with van der Waals surface area (Å²) < 4.78 is 10.7. The quantitative estimate of drug-likeness (QED) is 0.543. The van der Waals surface area contributed by atoms with Crippen LogP contribution in [0.15, 0.2) is 81.9 Å². The highest BCUT2D eigenvalue weighted by molar-refractivity contribution is 5.94. The summed E-state index contributed by atoms with van der Waals surface area (Å²) in [4.78, 5) is 16.9. The molecule has 2 heterocycles. The summed E-state index contributed by atoms with van der Waals surface area (Å²) in [6, 6.07) is 20.4. The molecule has 0 aliphatic carbocycles. The Hall–Kier alpha value is -3.67. The Labute approximate surface area is 162 Å². The maximum Gasteiger partial charge on any atom is 0.258 e. The van der Waals surface area contributed by atoms with Crippen molar-refractivity contribution in [3.05, 3.63) is 84.3 Å². The zero-order chi connectivity index (χ0) is 19.3. The summed E-state index contributed by atoms with van der Waals surface area (Å²) in [7, 11) is 0. The molecule has 2 aromatic heterocycles. The number of benzene rings is 2. The molecule has 0 spiro atoms. The Bertz CT molecular complexity index is 1040. The largest absolute Gasteiger partial charge is 0.469 e. The van der Waals surface area contributed by atoms with Gasteiger partial charge < -0.3 is 14.3 Å². The maximum atomic E-state index is 12.4. The van der Waals surface area contributed by atoms with Crippen LogP contribution in [0.25, 0.3) is 22.8 Å². The van der Waals surface area contributed by atoms with Gasteiger partial charge >= 0.3 is 0 Å². The van der Waals surface area contributed by atoms with Crippen molar-refractivity contribution < 1.29 is 13.7 Å². The summed E-state index contributed by atoms with van der Waals surface area (Å²) in [6.45, 7) is 1.94. The van der Waals surface area contributed by atoms with Gasteiger partial charge in [-0.3, -0.25) is 4.79 Å². The average Bonchev–Trinajstić information content (AvgIpc) is 3.41. The smallest absolute Gasteiger partial charge is 0.258 e. The number of hydrogen-bond acceptors (Lipinski definition) is 5. The Morgan fingerprint density at radius 1 is 1.00 bits per heavy atom. The molecule has 0 unspecified atom stereocenters. The molecule has 28 heavy (non-hydrogen) atoms. The third kappa shape index (κ3) is 4.01. The first kappa shape index (κ1) is 17.7. The van der Waals surface area contributed by atoms with Crippen molar-refractivity contribution in [3.8, 4) is 22.8 Å². The standard InChI is InChI=1S/C22H19N3O3/c1-15(14-19-8-5-13-27-19)23-21(26)17-9-11-18(12-10-17)22-24-20(25-28-22)16-6-3-2-4-7-16/h2-13,15H,14H2,1H3,(H,23,26)/t15-/m0/s1. The summed E-state index contributed by atoms with van der Waals surface area (Å²) >= 11 is 0. The van der Waals surface area contributed by atoms with Crippen molar-refractivity contribution >= 4 is 5.91 Å². The Balaban J connectivity index is 1.42. The molecule has 1 atom stereocenters. The second-order valence-corrected chi connectivity index (χ2v) is 6.52. The normalized spacial score (nSPS) is 11.9. The number of aromatic nitrogens is 2. The molecule has 6 nitrogen and oxygen atoms in total. The highest BCUT2D eigenvalue weighted by atomic mass is 16.5. The van der Waals surface area contributed by atoms with Crippen LogP contribution in [0.2, 0.25) is 0 Å². The Kier molecular flexibility index (Phi) is 5.01. The number of carbonyl (C=O) groups is 1. The Morgan fingerprint density at radius 2 is 1.79 bits per heavy atom. The van der Waals surface area contributed by atoms with Crippen molar-refractivity contribution in [1.82, 2.24) is 15.5 Å². The predicted molar refractivity (Wildman–Crippen MR) is 105 cm³/mol. The van der Waals surface area contributed by atoms with Crippen LogP contribution in [-0.4, -0.2) is 22.1 Å². The molecule has 0 radical (unpaired) electrons. The monoisotopic (exact) mass is 373 g/mol. The number of hydrogen-bond donors (Lipinski definition) is 1. The molecule has 2 aromatic carbocycles. The molecular weight excluding hydrogens is 354 g/mol. The minimum atomic E-state index is -0.138. The molecule has 0 bridgehead atoms. The van der Waals surface area contributed by atoms with Crippen molar-refractivity contribution in [3.63, 3.8) is 0 Å². The van der Waals surface area contributed by atoms with Gasteiger partial charge in [0.15, 0.2) is 0 Å². The number of nitrogens with zero attached hydrogens (tertiary/aromatic N) is 2. The van der Waals surface area contributed by atoms with E-state index in [0.29, 0.717) is 23.7 Å². The van der Waals surface area contributed by atoms with Crippen molar-refractivity contribution in [1.29, 1.82) is 0 Å². The molecule has 140 valence electrons. The third-order valence-electron chi connectivity index (χ3n) is 4.32. The highest BCUT2D eigenvalue weighted by Crippen LogP contribution is 2.22. The van der Waals surface area contributed by atoms with Crippen molar-refractivity contribution in [2.45, 2.75) is 19.4 Å². The van der Waals surface area contributed by atoms with E-state index in [1.54, 1.807) is 30.5 Å². The van der Waals surface area contributed by atoms with Gasteiger partial charge in [-0.2, -0.15) is 4.98 Å². The van der Waals surface area contributed by atoms with E-state index >= 15 is 0 Å². The SMILES string of the molecule is C[C@@H](Cc1ccco1)NC(=O)c1ccc(-c2nc(-c3ccccc3)no2)cc1. The van der Waals surface area contributed by atoms with E-state index in [2.05, 4.69) is 15.5 Å². The average molecular weight is 373 g/mol. The van der Waals surface area contributed by atoms with Gasteiger partial charge in [0.05, 0.1) is 6.26 Å². The Morgan fingerprint density at radius 3 is 2.50 bits per heavy atom. The van der Waals surface area contributed by atoms with Crippen LogP contribution in [0.5, 0.6) is 0 Å². The number of carbonyl (C=O) groups excluding carboxylic acids is 1. The molecule has 1 N–H and O–H groups in total. The van der Waals surface area contributed by atoms with E-state index in [1.807, 2.05) is 49.4 Å². The first-order valence-electron chi connectivity index (χ1n) is 9.02. The minimum absolute atomic E-state index is 0.0392. The minimum Gasteiger partial charge on any atom is -0.469 e. The van der Waals surface area contributed by atoms with Gasteiger partial charge in [0.1, 0.15) is 5.76 Å². The van der Waals surface area contributed by atoms with Gasteiger partial charge in [-0.05, 0) is 43.3 Å². The van der Waals surface area contributed by atoms with Gasteiger partial charge in [-0.25, -0.2) is 0 Å². The molecule has 1 amide bonds. The van der Waals surface area contributed by atoms with Crippen LogP contribution in [0.3, 0.4) is 0 Å². The summed E-state index contributed by atoms with van der Waals surface area (Å²) in [5, 5.41) is 6.99. The second kappa shape index (κ2) is 7.92. The lowest BCUT2D eigenvalue weighted by atomic mass is 10.1. The lowest BCUT2D eigenvalue weighted by Crippen LogP contribution is -2.33. The topological polar surface area (TPSA) is 81.2 Å². The van der Waals surface area contributed by atoms with E-state index in [0.717, 1.165) is 16.9 Å². The van der Waals surface area contributed by atoms with Crippen molar-refractivity contribution in [2.75, 3.05) is 0 Å². The molecular formula is C22H19N3O3. The lowest BCUT2D eigenvalue weighted by Gasteiger charge is -2.12. The number of rotatable bonds is 6. The number of amides is 1. The van der Waals surface area contributed by atoms with Crippen LogP contribution < -0.4 is 5.32 Å². The fourth-order valence-corrected chi connectivity index (χ4v) is 2.90. The molecule has 0 saturated carbocycles. The van der Waals surface area contributed by atoms with Gasteiger partial charge in [0, 0.05) is 29.2 Å². The van der Waals surface area contributed by atoms with Crippen LogP contribution in [0.4, 0.5) is 0 Å². The number of furan rings is 1. The van der Waals surface area contributed by atoms with E-state index in [1.165, 1.54) is 0 Å². The molecule has 4 rings (SSSR count). The predicted octanol–water partition coefficient (Wildman–Crippen LogP) is 4.36. The molecule has 0 fully saturated rings. The van der Waals surface area contributed by atoms with E-state index in [4.69, 9.17) is 8.94 Å². The highest BCUT2D eigenvalue weighted by Gasteiger charge is 2.14. The lowest BCUT2D eigenvalue weighted by molar-refractivity contribution is 0.0939. The maximum absolute atomic E-state index is 12.4. The molecule has 0 aliphatic heterocycles. The second-order valence-electron chi connectivity index (χ2n) is 6.52. The van der Waals surface area contributed by atoms with Gasteiger partial charge in [-0.15, -0.1) is 0 Å². The first-order chi connectivity index (χ1) is 13.7. The molecule has 4 aromatic rings. The summed E-state index contributed by atoms with van der Waals surface area (Å²) in [5.74, 6) is 1.65. The van der Waals surface area contributed by atoms with Crippen LogP contribution in [0, 0.1) is 0 Å². The first-order valence-corrected chi connectivity index (χ1v) is 9.02. The van der Waals surface area contributed by atoms with Crippen LogP contribution in [0.1, 0.15) is 23.0 Å². The summed E-state index contributed by atoms with van der Waals surface area (Å²) in [5.41, 5.74) is 2.21. The molecule has 0 saturated heterocycles. The van der Waals surface area contributed by atoms with E-state index in [9.17, 15) is 4.79 Å². The van der Waals surface area contributed by atoms with Gasteiger partial charge in [0.25, 0.3) is 11.8 Å². The van der Waals surface area contributed by atoms with E-state index < -0.39 is 0 Å². The third-order valence-corrected chi connectivity index (χ3v) is 4.32. The zero-order valence-corrected chi connectivity index (χ0v) is 15.3. The van der Waals surface area contributed by atoms with Gasteiger partial charge in [0.2, 0.25) is 5.82 Å². The fourth-order valence-electron chi connectivity index (χ4n) is 2.90. The summed E-state index contributed by atoms with van der Waals surface area (Å²) in [6.07, 6.45) is 2.27.